The topological polar surface area (TPSA) is 140 Å². The van der Waals surface area contributed by atoms with Crippen LogP contribution in [0.3, 0.4) is 0 Å². The molecule has 2 rings (SSSR count). The number of aryl methyl sites for hydroxylation is 2. The first-order valence-corrected chi connectivity index (χ1v) is 7.68. The van der Waals surface area contributed by atoms with Gasteiger partial charge in [-0.05, 0) is 36.1 Å². The summed E-state index contributed by atoms with van der Waals surface area (Å²) >= 11 is 0. The van der Waals surface area contributed by atoms with Crippen LogP contribution in [0.25, 0.3) is 0 Å². The SMILES string of the molecule is O=Cc1cc(CCC(=O)O)c(Cc2[nH]c(C=O)cc2CCC(=O)O)[nH]1. The van der Waals surface area contributed by atoms with Gasteiger partial charge in [0, 0.05) is 30.7 Å². The molecule has 0 radical (unpaired) electrons. The zero-order valence-corrected chi connectivity index (χ0v) is 13.4. The van der Waals surface area contributed by atoms with E-state index in [0.29, 0.717) is 52.9 Å². The summed E-state index contributed by atoms with van der Waals surface area (Å²) in [6.45, 7) is 0. The van der Waals surface area contributed by atoms with Crippen LogP contribution in [0.5, 0.6) is 0 Å². The van der Waals surface area contributed by atoms with Gasteiger partial charge in [0.2, 0.25) is 0 Å². The van der Waals surface area contributed by atoms with Gasteiger partial charge in [-0.2, -0.15) is 0 Å². The average molecular weight is 346 g/mol. The first-order chi connectivity index (χ1) is 11.9. The molecule has 0 atom stereocenters. The molecule has 0 unspecified atom stereocenters. The van der Waals surface area contributed by atoms with Gasteiger partial charge < -0.3 is 20.2 Å². The highest BCUT2D eigenvalue weighted by Gasteiger charge is 2.15. The number of aromatic nitrogens is 2. The van der Waals surface area contributed by atoms with Crippen LogP contribution in [0.1, 0.15) is 56.3 Å². The maximum Gasteiger partial charge on any atom is 0.303 e. The van der Waals surface area contributed by atoms with E-state index in [1.807, 2.05) is 0 Å². The Bertz CT molecular complexity index is 736. The number of carbonyl (C=O) groups is 4. The molecule has 8 nitrogen and oxygen atoms in total. The summed E-state index contributed by atoms with van der Waals surface area (Å²) in [4.78, 5) is 49.4. The van der Waals surface area contributed by atoms with Gasteiger partial charge in [-0.15, -0.1) is 0 Å². The Morgan fingerprint density at radius 1 is 0.840 bits per heavy atom. The lowest BCUT2D eigenvalue weighted by atomic mass is 10.0. The van der Waals surface area contributed by atoms with Crippen LogP contribution in [-0.4, -0.2) is 44.7 Å². The van der Waals surface area contributed by atoms with Crippen molar-refractivity contribution >= 4 is 24.5 Å². The van der Waals surface area contributed by atoms with E-state index < -0.39 is 11.9 Å². The Hall–Kier alpha value is -3.16. The van der Waals surface area contributed by atoms with Gasteiger partial charge in [-0.3, -0.25) is 19.2 Å². The van der Waals surface area contributed by atoms with Crippen molar-refractivity contribution in [3.8, 4) is 0 Å². The average Bonchev–Trinajstić information content (AvgIpc) is 3.14. The Morgan fingerprint density at radius 3 is 1.56 bits per heavy atom. The highest BCUT2D eigenvalue weighted by atomic mass is 16.4. The van der Waals surface area contributed by atoms with E-state index in [2.05, 4.69) is 9.97 Å². The number of carboxylic acids is 2. The van der Waals surface area contributed by atoms with Crippen LogP contribution in [0.15, 0.2) is 12.1 Å². The lowest BCUT2D eigenvalue weighted by molar-refractivity contribution is -0.138. The molecule has 0 spiro atoms. The summed E-state index contributed by atoms with van der Waals surface area (Å²) < 4.78 is 0. The van der Waals surface area contributed by atoms with Crippen molar-refractivity contribution in [1.82, 2.24) is 9.97 Å². The summed E-state index contributed by atoms with van der Waals surface area (Å²) in [5, 5.41) is 17.7. The molecule has 8 heteroatoms. The number of hydrogen-bond acceptors (Lipinski definition) is 4. The summed E-state index contributed by atoms with van der Waals surface area (Å²) in [5.74, 6) is -1.88. The molecule has 0 aromatic carbocycles. The second-order valence-corrected chi connectivity index (χ2v) is 5.66. The lowest BCUT2D eigenvalue weighted by Gasteiger charge is -2.05. The van der Waals surface area contributed by atoms with Crippen LogP contribution in [0.2, 0.25) is 0 Å². The fraction of sp³-hybridized carbons (Fsp3) is 0.294. The minimum Gasteiger partial charge on any atom is -0.481 e. The van der Waals surface area contributed by atoms with E-state index in [9.17, 15) is 19.2 Å². The van der Waals surface area contributed by atoms with E-state index >= 15 is 0 Å². The Balaban J connectivity index is 2.28. The minimum absolute atomic E-state index is 0.0701. The fourth-order valence-electron chi connectivity index (χ4n) is 2.68. The van der Waals surface area contributed by atoms with Gasteiger partial charge in [0.05, 0.1) is 11.4 Å². The van der Waals surface area contributed by atoms with E-state index in [1.54, 1.807) is 12.1 Å². The van der Waals surface area contributed by atoms with Gasteiger partial charge in [-0.1, -0.05) is 0 Å². The smallest absolute Gasteiger partial charge is 0.303 e. The van der Waals surface area contributed by atoms with Crippen LogP contribution >= 0.6 is 0 Å². The minimum atomic E-state index is -0.940. The lowest BCUT2D eigenvalue weighted by Crippen LogP contribution is -2.03. The van der Waals surface area contributed by atoms with Crippen molar-refractivity contribution in [2.24, 2.45) is 0 Å². The third-order valence-corrected chi connectivity index (χ3v) is 3.85. The molecule has 2 aromatic rings. The molecule has 0 aliphatic carbocycles. The Kier molecular flexibility index (Phi) is 5.89. The van der Waals surface area contributed by atoms with Crippen molar-refractivity contribution in [3.05, 3.63) is 46.0 Å². The van der Waals surface area contributed by atoms with Crippen LogP contribution in [0.4, 0.5) is 0 Å². The van der Waals surface area contributed by atoms with Crippen LogP contribution < -0.4 is 0 Å². The predicted molar refractivity (Wildman–Crippen MR) is 87.1 cm³/mol. The van der Waals surface area contributed by atoms with E-state index in [-0.39, 0.29) is 25.7 Å². The number of aromatic amines is 2. The molecule has 0 bridgehead atoms. The molecular weight excluding hydrogens is 328 g/mol. The zero-order chi connectivity index (χ0) is 18.4. The number of aldehydes is 2. The van der Waals surface area contributed by atoms with E-state index in [1.165, 1.54) is 0 Å². The molecule has 2 aromatic heterocycles. The Morgan fingerprint density at radius 2 is 1.24 bits per heavy atom. The third-order valence-electron chi connectivity index (χ3n) is 3.85. The molecule has 2 heterocycles. The van der Waals surface area contributed by atoms with Crippen molar-refractivity contribution in [3.63, 3.8) is 0 Å². The predicted octanol–water partition coefficient (Wildman–Crippen LogP) is 1.59. The first kappa shape index (κ1) is 18.2. The molecule has 0 aliphatic rings. The van der Waals surface area contributed by atoms with Gasteiger partial charge in [-0.25, -0.2) is 0 Å². The van der Waals surface area contributed by atoms with Crippen molar-refractivity contribution in [1.29, 1.82) is 0 Å². The summed E-state index contributed by atoms with van der Waals surface area (Å²) in [6, 6.07) is 3.21. The third kappa shape index (κ3) is 4.90. The Labute approximate surface area is 142 Å². The second-order valence-electron chi connectivity index (χ2n) is 5.66. The first-order valence-electron chi connectivity index (χ1n) is 7.68. The highest BCUT2D eigenvalue weighted by molar-refractivity contribution is 5.74. The maximum atomic E-state index is 11.0. The van der Waals surface area contributed by atoms with Gasteiger partial charge in [0.15, 0.2) is 12.6 Å². The maximum absolute atomic E-state index is 11.0. The number of hydrogen-bond donors (Lipinski definition) is 4. The standard InChI is InChI=1S/C17H18N2O6/c20-8-12-5-10(1-3-16(22)23)14(18-12)7-15-11(2-4-17(24)25)6-13(9-21)19-15/h5-6,8-9,18-19H,1-4,7H2,(H,22,23)(H,24,25). The molecule has 0 aliphatic heterocycles. The van der Waals surface area contributed by atoms with Crippen molar-refractivity contribution < 1.29 is 29.4 Å². The quantitative estimate of drug-likeness (QED) is 0.482. The molecule has 0 saturated heterocycles. The van der Waals surface area contributed by atoms with Crippen molar-refractivity contribution in [2.45, 2.75) is 32.1 Å². The number of carbonyl (C=O) groups excluding carboxylic acids is 2. The van der Waals surface area contributed by atoms with Gasteiger partial charge >= 0.3 is 11.9 Å². The summed E-state index contributed by atoms with van der Waals surface area (Å²) in [7, 11) is 0. The van der Waals surface area contributed by atoms with Gasteiger partial charge in [0.1, 0.15) is 0 Å². The number of rotatable bonds is 10. The fourth-order valence-corrected chi connectivity index (χ4v) is 2.68. The summed E-state index contributed by atoms with van der Waals surface area (Å²) in [5.41, 5.74) is 3.42. The molecular formula is C17H18N2O6. The molecule has 0 amide bonds. The zero-order valence-electron chi connectivity index (χ0n) is 13.4. The van der Waals surface area contributed by atoms with E-state index in [0.717, 1.165) is 0 Å². The largest absolute Gasteiger partial charge is 0.481 e. The number of aliphatic carboxylic acids is 2. The normalized spacial score (nSPS) is 10.6. The summed E-state index contributed by atoms with van der Waals surface area (Å²) in [6.07, 6.45) is 1.99. The molecule has 4 N–H and O–H groups in total. The molecule has 132 valence electrons. The molecule has 0 saturated carbocycles. The van der Waals surface area contributed by atoms with E-state index in [4.69, 9.17) is 10.2 Å². The van der Waals surface area contributed by atoms with Gasteiger partial charge in [0.25, 0.3) is 0 Å². The number of H-pyrrole nitrogens is 2. The molecule has 0 fully saturated rings. The van der Waals surface area contributed by atoms with Crippen molar-refractivity contribution in [2.75, 3.05) is 0 Å². The number of carboxylic acid groups (broad SMARTS) is 2. The van der Waals surface area contributed by atoms with Crippen LogP contribution in [0, 0.1) is 0 Å². The molecule has 25 heavy (non-hydrogen) atoms. The highest BCUT2D eigenvalue weighted by Crippen LogP contribution is 2.20. The second kappa shape index (κ2) is 8.09. The monoisotopic (exact) mass is 346 g/mol. The van der Waals surface area contributed by atoms with Crippen LogP contribution in [-0.2, 0) is 28.9 Å². The number of nitrogens with one attached hydrogen (secondary N) is 2.